The summed E-state index contributed by atoms with van der Waals surface area (Å²) >= 11 is 0. The number of aryl methyl sites for hydroxylation is 3. The van der Waals surface area contributed by atoms with Gasteiger partial charge in [0.15, 0.2) is 6.10 Å². The van der Waals surface area contributed by atoms with E-state index in [9.17, 15) is 4.79 Å². The van der Waals surface area contributed by atoms with Crippen LogP contribution in [-0.4, -0.2) is 12.0 Å². The second kappa shape index (κ2) is 6.25. The van der Waals surface area contributed by atoms with E-state index in [1.807, 2.05) is 37.3 Å². The number of hydrogen-bond acceptors (Lipinski definition) is 2. The largest absolute Gasteiger partial charge is 0.481 e. The molecule has 0 radical (unpaired) electrons. The van der Waals surface area contributed by atoms with Gasteiger partial charge in [-0.05, 0) is 67.0 Å². The molecule has 4 rings (SSSR count). The molecule has 0 heterocycles. The molecule has 0 saturated carbocycles. The van der Waals surface area contributed by atoms with Crippen LogP contribution >= 0.6 is 0 Å². The van der Waals surface area contributed by atoms with Crippen LogP contribution in [0.2, 0.25) is 0 Å². The van der Waals surface area contributed by atoms with Gasteiger partial charge < -0.3 is 10.1 Å². The van der Waals surface area contributed by atoms with E-state index in [0.717, 1.165) is 29.5 Å². The number of carbonyl (C=O) groups excluding carboxylic acids is 1. The van der Waals surface area contributed by atoms with Gasteiger partial charge in [0.1, 0.15) is 5.75 Å². The zero-order valence-corrected chi connectivity index (χ0v) is 14.5. The van der Waals surface area contributed by atoms with Crippen LogP contribution in [0.25, 0.3) is 10.8 Å². The van der Waals surface area contributed by atoms with Crippen molar-refractivity contribution in [2.75, 3.05) is 5.32 Å². The summed E-state index contributed by atoms with van der Waals surface area (Å²) in [6, 6.07) is 18.2. The Kier molecular flexibility index (Phi) is 3.92. The van der Waals surface area contributed by atoms with Gasteiger partial charge in [-0.2, -0.15) is 0 Å². The summed E-state index contributed by atoms with van der Waals surface area (Å²) < 4.78 is 5.79. The highest BCUT2D eigenvalue weighted by atomic mass is 16.5. The first-order valence-corrected chi connectivity index (χ1v) is 8.69. The van der Waals surface area contributed by atoms with Gasteiger partial charge in [0.05, 0.1) is 0 Å². The molecule has 3 aromatic carbocycles. The maximum Gasteiger partial charge on any atom is 0.265 e. The Bertz CT molecular complexity index is 951. The van der Waals surface area contributed by atoms with Crippen LogP contribution in [0.4, 0.5) is 5.69 Å². The van der Waals surface area contributed by atoms with Gasteiger partial charge in [-0.1, -0.05) is 36.4 Å². The molecule has 25 heavy (non-hydrogen) atoms. The van der Waals surface area contributed by atoms with Gasteiger partial charge in [0.2, 0.25) is 0 Å². The van der Waals surface area contributed by atoms with E-state index in [2.05, 4.69) is 29.6 Å². The average molecular weight is 331 g/mol. The summed E-state index contributed by atoms with van der Waals surface area (Å²) in [6.45, 7) is 3.78. The molecule has 1 aliphatic carbocycles. The van der Waals surface area contributed by atoms with Crippen molar-refractivity contribution in [3.05, 3.63) is 71.3 Å². The maximum absolute atomic E-state index is 12.6. The number of carbonyl (C=O) groups is 1. The molecule has 0 saturated heterocycles. The van der Waals surface area contributed by atoms with E-state index in [1.165, 1.54) is 16.5 Å². The van der Waals surface area contributed by atoms with Gasteiger partial charge in [0.25, 0.3) is 5.91 Å². The highest BCUT2D eigenvalue weighted by molar-refractivity contribution is 6.06. The van der Waals surface area contributed by atoms with Crippen LogP contribution in [0, 0.1) is 6.92 Å². The lowest BCUT2D eigenvalue weighted by atomic mass is 10.0. The Morgan fingerprint density at radius 1 is 1.04 bits per heavy atom. The fourth-order valence-corrected chi connectivity index (χ4v) is 3.54. The van der Waals surface area contributed by atoms with E-state index in [4.69, 9.17) is 4.74 Å². The summed E-state index contributed by atoms with van der Waals surface area (Å²) in [4.78, 5) is 12.6. The van der Waals surface area contributed by atoms with Crippen LogP contribution in [-0.2, 0) is 17.6 Å². The average Bonchev–Trinajstić information content (AvgIpc) is 3.02. The number of nitrogens with one attached hydrogen (secondary N) is 1. The highest BCUT2D eigenvalue weighted by Crippen LogP contribution is 2.35. The molecule has 0 fully saturated rings. The van der Waals surface area contributed by atoms with Crippen molar-refractivity contribution < 1.29 is 9.53 Å². The molecule has 3 aromatic rings. The van der Waals surface area contributed by atoms with E-state index < -0.39 is 6.10 Å². The third kappa shape index (κ3) is 2.98. The minimum absolute atomic E-state index is 0.139. The number of ether oxygens (including phenoxy) is 1. The quantitative estimate of drug-likeness (QED) is 0.755. The minimum atomic E-state index is -0.565. The zero-order valence-electron chi connectivity index (χ0n) is 14.5. The van der Waals surface area contributed by atoms with Crippen molar-refractivity contribution in [2.45, 2.75) is 32.8 Å². The van der Waals surface area contributed by atoms with Crippen molar-refractivity contribution in [1.82, 2.24) is 0 Å². The summed E-state index contributed by atoms with van der Waals surface area (Å²) in [6.07, 6.45) is 1.60. The van der Waals surface area contributed by atoms with Crippen molar-refractivity contribution in [1.29, 1.82) is 0 Å². The lowest BCUT2D eigenvalue weighted by Gasteiger charge is -2.16. The Labute approximate surface area is 147 Å². The molecule has 1 atom stereocenters. The van der Waals surface area contributed by atoms with Crippen molar-refractivity contribution in [2.24, 2.45) is 0 Å². The van der Waals surface area contributed by atoms with E-state index >= 15 is 0 Å². The molecule has 0 aliphatic heterocycles. The Morgan fingerprint density at radius 2 is 1.80 bits per heavy atom. The smallest absolute Gasteiger partial charge is 0.265 e. The first-order valence-electron chi connectivity index (χ1n) is 8.69. The predicted molar refractivity (Wildman–Crippen MR) is 101 cm³/mol. The standard InChI is InChI=1S/C22H21NO2/c1-14-5-3-7-18(13-14)25-15(2)22(24)23-20-12-11-17-10-9-16-6-4-8-19(20)21(16)17/h3-8,11-13,15H,9-10H2,1-2H3,(H,23,24)/t15-/m0/s1. The minimum Gasteiger partial charge on any atom is -0.481 e. The summed E-state index contributed by atoms with van der Waals surface area (Å²) in [5.74, 6) is 0.572. The molecular formula is C22H21NO2. The monoisotopic (exact) mass is 331 g/mol. The van der Waals surface area contributed by atoms with E-state index in [-0.39, 0.29) is 5.91 Å². The summed E-state index contributed by atoms with van der Waals surface area (Å²) in [5.41, 5.74) is 4.70. The molecule has 0 unspecified atom stereocenters. The normalized spacial score (nSPS) is 13.7. The lowest BCUT2D eigenvalue weighted by molar-refractivity contribution is -0.122. The molecule has 0 spiro atoms. The molecule has 1 N–H and O–H groups in total. The summed E-state index contributed by atoms with van der Waals surface area (Å²) in [7, 11) is 0. The Morgan fingerprint density at radius 3 is 2.60 bits per heavy atom. The first-order chi connectivity index (χ1) is 12.1. The van der Waals surface area contributed by atoms with E-state index in [0.29, 0.717) is 5.75 Å². The lowest BCUT2D eigenvalue weighted by Crippen LogP contribution is -2.30. The predicted octanol–water partition coefficient (Wildman–Crippen LogP) is 4.65. The number of benzene rings is 3. The van der Waals surface area contributed by atoms with Crippen LogP contribution in [0.3, 0.4) is 0 Å². The van der Waals surface area contributed by atoms with Crippen molar-refractivity contribution in [3.8, 4) is 5.75 Å². The third-order valence-corrected chi connectivity index (χ3v) is 4.81. The van der Waals surface area contributed by atoms with Gasteiger partial charge in [-0.3, -0.25) is 4.79 Å². The molecule has 3 heteroatoms. The van der Waals surface area contributed by atoms with Crippen LogP contribution in [0.15, 0.2) is 54.6 Å². The molecular weight excluding hydrogens is 310 g/mol. The second-order valence-corrected chi connectivity index (χ2v) is 6.68. The molecule has 1 amide bonds. The van der Waals surface area contributed by atoms with Crippen molar-refractivity contribution >= 4 is 22.4 Å². The molecule has 126 valence electrons. The number of anilines is 1. The van der Waals surface area contributed by atoms with Crippen molar-refractivity contribution in [3.63, 3.8) is 0 Å². The Balaban J connectivity index is 1.56. The fourth-order valence-electron chi connectivity index (χ4n) is 3.54. The van der Waals surface area contributed by atoms with Crippen LogP contribution < -0.4 is 10.1 Å². The number of rotatable bonds is 4. The van der Waals surface area contributed by atoms with Crippen LogP contribution in [0.5, 0.6) is 5.75 Å². The van der Waals surface area contributed by atoms with Gasteiger partial charge >= 0.3 is 0 Å². The highest BCUT2D eigenvalue weighted by Gasteiger charge is 2.19. The maximum atomic E-state index is 12.6. The second-order valence-electron chi connectivity index (χ2n) is 6.68. The van der Waals surface area contributed by atoms with E-state index in [1.54, 1.807) is 6.92 Å². The molecule has 0 aromatic heterocycles. The van der Waals surface area contributed by atoms with Crippen LogP contribution in [0.1, 0.15) is 23.6 Å². The molecule has 1 aliphatic rings. The number of hydrogen-bond donors (Lipinski definition) is 1. The summed E-state index contributed by atoms with van der Waals surface area (Å²) in [5, 5.41) is 5.45. The fraction of sp³-hybridized carbons (Fsp3) is 0.227. The topological polar surface area (TPSA) is 38.3 Å². The Hall–Kier alpha value is -2.81. The SMILES string of the molecule is Cc1cccc(O[C@@H](C)C(=O)Nc2ccc3c4c(cccc24)CC3)c1. The van der Waals surface area contributed by atoms with Gasteiger partial charge in [-0.15, -0.1) is 0 Å². The van der Waals surface area contributed by atoms with Gasteiger partial charge in [-0.25, -0.2) is 0 Å². The number of amides is 1. The molecule has 3 nitrogen and oxygen atoms in total. The molecule has 0 bridgehead atoms. The third-order valence-electron chi connectivity index (χ3n) is 4.81. The van der Waals surface area contributed by atoms with Gasteiger partial charge in [0, 0.05) is 11.1 Å². The zero-order chi connectivity index (χ0) is 17.4. The first kappa shape index (κ1) is 15.7.